The van der Waals surface area contributed by atoms with E-state index in [1.165, 1.54) is 26.1 Å². The van der Waals surface area contributed by atoms with Crippen LogP contribution in [0.1, 0.15) is 24.5 Å². The van der Waals surface area contributed by atoms with Gasteiger partial charge in [0.2, 0.25) is 5.91 Å². The molecule has 3 aromatic rings. The van der Waals surface area contributed by atoms with Crippen LogP contribution in [0.4, 0.5) is 22.0 Å². The van der Waals surface area contributed by atoms with Gasteiger partial charge in [0.25, 0.3) is 0 Å². The number of fused-ring (bicyclic) bond motifs is 1. The molecule has 0 bridgehead atoms. The van der Waals surface area contributed by atoms with Crippen LogP contribution in [0.2, 0.25) is 0 Å². The lowest BCUT2D eigenvalue weighted by molar-refractivity contribution is -0.138. The molecule has 32 heavy (non-hydrogen) atoms. The summed E-state index contributed by atoms with van der Waals surface area (Å²) in [6.45, 7) is 1.45. The lowest BCUT2D eigenvalue weighted by Gasteiger charge is -2.39. The van der Waals surface area contributed by atoms with Gasteiger partial charge < -0.3 is 10.3 Å². The molecule has 0 unspecified atom stereocenters. The van der Waals surface area contributed by atoms with Crippen molar-refractivity contribution in [3.05, 3.63) is 63.6 Å². The maximum atomic E-state index is 15.7. The van der Waals surface area contributed by atoms with Gasteiger partial charge in [0, 0.05) is 12.6 Å². The molecule has 7 nitrogen and oxygen atoms in total. The van der Waals surface area contributed by atoms with Crippen LogP contribution in [0.15, 0.2) is 35.1 Å². The van der Waals surface area contributed by atoms with Gasteiger partial charge in [0.15, 0.2) is 11.8 Å². The second-order valence-electron chi connectivity index (χ2n) is 7.66. The first-order valence-corrected chi connectivity index (χ1v) is 9.28. The van der Waals surface area contributed by atoms with Crippen molar-refractivity contribution < 1.29 is 26.7 Å². The van der Waals surface area contributed by atoms with E-state index in [1.54, 1.807) is 0 Å². The van der Waals surface area contributed by atoms with E-state index in [1.807, 2.05) is 0 Å². The average molecular weight is 453 g/mol. The van der Waals surface area contributed by atoms with E-state index >= 15 is 4.39 Å². The number of hydrogen-bond donors (Lipinski definition) is 3. The number of aromatic amines is 1. The highest BCUT2D eigenvalue weighted by Crippen LogP contribution is 2.38. The lowest BCUT2D eigenvalue weighted by atomic mass is 9.86. The molecule has 2 heterocycles. The number of guanidine groups is 1. The summed E-state index contributed by atoms with van der Waals surface area (Å²) in [6.07, 6.45) is -5.41. The quantitative estimate of drug-likeness (QED) is 0.520. The Bertz CT molecular complexity index is 1320. The second kappa shape index (κ2) is 6.90. The number of benzene rings is 2. The van der Waals surface area contributed by atoms with E-state index in [0.717, 1.165) is 17.0 Å². The predicted molar refractivity (Wildman–Crippen MR) is 104 cm³/mol. The van der Waals surface area contributed by atoms with Crippen molar-refractivity contribution in [3.63, 3.8) is 0 Å². The lowest BCUT2D eigenvalue weighted by Crippen LogP contribution is -2.58. The Balaban J connectivity index is 1.99. The number of aromatic nitrogens is 2. The van der Waals surface area contributed by atoms with Gasteiger partial charge >= 0.3 is 11.9 Å². The van der Waals surface area contributed by atoms with Crippen LogP contribution in [-0.2, 0) is 16.5 Å². The first-order valence-electron chi connectivity index (χ1n) is 9.28. The summed E-state index contributed by atoms with van der Waals surface area (Å²) in [7, 11) is 1.36. The molecular formula is C20H16F5N5O2. The molecule has 4 rings (SSSR count). The molecule has 1 atom stereocenters. The van der Waals surface area contributed by atoms with Gasteiger partial charge in [-0.2, -0.15) is 13.2 Å². The van der Waals surface area contributed by atoms with Crippen molar-refractivity contribution in [3.8, 4) is 5.69 Å². The van der Waals surface area contributed by atoms with Crippen molar-refractivity contribution in [2.45, 2.75) is 25.1 Å². The standard InChI is InChI=1S/C20H16F5N5O2/c1-19(8-13(31)29(2)17(26)28-19)9-4-3-5-12(15(9)22)30-16-11(27-18(30)32)7-6-10(21)14(16)20(23,24)25/h3-7H,8H2,1-2H3,(H2,26,28)(H,27,32)/t19-/m0/s1. The molecule has 168 valence electrons. The Labute approximate surface area is 177 Å². The van der Waals surface area contributed by atoms with Crippen LogP contribution in [0, 0.1) is 17.0 Å². The summed E-state index contributed by atoms with van der Waals surface area (Å²) in [6, 6.07) is 5.19. The Hall–Kier alpha value is -3.70. The maximum Gasteiger partial charge on any atom is 0.421 e. The SMILES string of the molecule is CN1C(=N)N[C@](C)(c2cccc(-n3c(=O)[nH]c4ccc(F)c(C(F)(F)F)c43)c2F)CC1=O. The van der Waals surface area contributed by atoms with Crippen LogP contribution in [0.3, 0.4) is 0 Å². The monoisotopic (exact) mass is 453 g/mol. The van der Waals surface area contributed by atoms with Crippen LogP contribution >= 0.6 is 0 Å². The molecule has 0 saturated carbocycles. The minimum Gasteiger partial charge on any atom is -0.346 e. The van der Waals surface area contributed by atoms with Crippen molar-refractivity contribution in [1.29, 1.82) is 5.41 Å². The molecule has 1 saturated heterocycles. The third kappa shape index (κ3) is 3.13. The zero-order valence-corrected chi connectivity index (χ0v) is 16.7. The number of H-pyrrole nitrogens is 1. The number of amides is 1. The number of carbonyl (C=O) groups excluding carboxylic acids is 1. The summed E-state index contributed by atoms with van der Waals surface area (Å²) in [5.41, 5.74) is -6.11. The molecule has 1 fully saturated rings. The van der Waals surface area contributed by atoms with Gasteiger partial charge in [-0.05, 0) is 25.1 Å². The van der Waals surface area contributed by atoms with Gasteiger partial charge in [-0.3, -0.25) is 19.7 Å². The van der Waals surface area contributed by atoms with Crippen molar-refractivity contribution in [2.24, 2.45) is 0 Å². The Morgan fingerprint density at radius 3 is 2.44 bits per heavy atom. The number of alkyl halides is 3. The third-order valence-corrected chi connectivity index (χ3v) is 5.50. The number of rotatable bonds is 2. The number of carbonyl (C=O) groups is 1. The summed E-state index contributed by atoms with van der Waals surface area (Å²) < 4.78 is 71.0. The van der Waals surface area contributed by atoms with E-state index in [-0.39, 0.29) is 23.5 Å². The summed E-state index contributed by atoms with van der Waals surface area (Å²) in [4.78, 5) is 28.0. The highest BCUT2D eigenvalue weighted by Gasteiger charge is 2.41. The summed E-state index contributed by atoms with van der Waals surface area (Å²) in [5, 5.41) is 10.6. The van der Waals surface area contributed by atoms with Gasteiger partial charge in [-0.25, -0.2) is 13.6 Å². The van der Waals surface area contributed by atoms with Gasteiger partial charge in [-0.15, -0.1) is 0 Å². The molecule has 0 spiro atoms. The van der Waals surface area contributed by atoms with E-state index in [0.29, 0.717) is 10.6 Å². The number of halogens is 5. The molecular weight excluding hydrogens is 437 g/mol. The normalized spacial score (nSPS) is 19.5. The van der Waals surface area contributed by atoms with Crippen LogP contribution < -0.4 is 11.0 Å². The van der Waals surface area contributed by atoms with E-state index in [2.05, 4.69) is 10.3 Å². The highest BCUT2D eigenvalue weighted by molar-refractivity contribution is 5.99. The van der Waals surface area contributed by atoms with Crippen molar-refractivity contribution in [2.75, 3.05) is 7.05 Å². The topological polar surface area (TPSA) is 94.0 Å². The Morgan fingerprint density at radius 2 is 1.81 bits per heavy atom. The fourth-order valence-corrected chi connectivity index (χ4v) is 3.89. The maximum absolute atomic E-state index is 15.7. The van der Waals surface area contributed by atoms with Gasteiger partial charge in [0.1, 0.15) is 11.4 Å². The smallest absolute Gasteiger partial charge is 0.346 e. The fourth-order valence-electron chi connectivity index (χ4n) is 3.89. The van der Waals surface area contributed by atoms with E-state index < -0.39 is 51.7 Å². The van der Waals surface area contributed by atoms with Crippen LogP contribution in [0.25, 0.3) is 16.7 Å². The van der Waals surface area contributed by atoms with Gasteiger partial charge in [-0.1, -0.05) is 12.1 Å². The summed E-state index contributed by atoms with van der Waals surface area (Å²) >= 11 is 0. The molecule has 1 aliphatic rings. The molecule has 1 amide bonds. The third-order valence-electron chi connectivity index (χ3n) is 5.50. The molecule has 3 N–H and O–H groups in total. The minimum absolute atomic E-state index is 0.146. The van der Waals surface area contributed by atoms with E-state index in [4.69, 9.17) is 5.41 Å². The molecule has 0 aliphatic carbocycles. The highest BCUT2D eigenvalue weighted by atomic mass is 19.4. The molecule has 1 aromatic heterocycles. The number of imidazole rings is 1. The summed E-state index contributed by atoms with van der Waals surface area (Å²) in [5.74, 6) is -3.48. The zero-order valence-electron chi connectivity index (χ0n) is 16.7. The Morgan fingerprint density at radius 1 is 1.12 bits per heavy atom. The first kappa shape index (κ1) is 21.5. The van der Waals surface area contributed by atoms with Crippen molar-refractivity contribution in [1.82, 2.24) is 19.8 Å². The fraction of sp³-hybridized carbons (Fsp3) is 0.250. The Kier molecular flexibility index (Phi) is 4.64. The molecule has 0 radical (unpaired) electrons. The van der Waals surface area contributed by atoms with E-state index in [9.17, 15) is 27.2 Å². The van der Waals surface area contributed by atoms with Gasteiger partial charge in [0.05, 0.1) is 28.7 Å². The van der Waals surface area contributed by atoms with Crippen LogP contribution in [-0.4, -0.2) is 33.4 Å². The minimum atomic E-state index is -5.16. The predicted octanol–water partition coefficient (Wildman–Crippen LogP) is 3.22. The number of hydrogen-bond acceptors (Lipinski definition) is 3. The molecule has 2 aromatic carbocycles. The first-order chi connectivity index (χ1) is 14.8. The van der Waals surface area contributed by atoms with Crippen LogP contribution in [0.5, 0.6) is 0 Å². The largest absolute Gasteiger partial charge is 0.421 e. The molecule has 1 aliphatic heterocycles. The average Bonchev–Trinajstić information content (AvgIpc) is 3.00. The second-order valence-corrected chi connectivity index (χ2v) is 7.66. The molecule has 12 heteroatoms. The zero-order chi connectivity index (χ0) is 23.6. The number of nitrogens with one attached hydrogen (secondary N) is 3. The van der Waals surface area contributed by atoms with Crippen molar-refractivity contribution >= 4 is 22.9 Å². The number of nitrogens with zero attached hydrogens (tertiary/aromatic N) is 2.